The van der Waals surface area contributed by atoms with Gasteiger partial charge in [0.25, 0.3) is 0 Å². The summed E-state index contributed by atoms with van der Waals surface area (Å²) in [6.07, 6.45) is 0. The van der Waals surface area contributed by atoms with Crippen molar-refractivity contribution in [3.63, 3.8) is 0 Å². The summed E-state index contributed by atoms with van der Waals surface area (Å²) in [7, 11) is 0. The third-order valence-corrected chi connectivity index (χ3v) is 11.4. The first-order valence-corrected chi connectivity index (χ1v) is 19.0. The first kappa shape index (κ1) is 30.8. The highest BCUT2D eigenvalue weighted by molar-refractivity contribution is 6.10. The van der Waals surface area contributed by atoms with Crippen molar-refractivity contribution in [3.05, 3.63) is 188 Å². The van der Waals surface area contributed by atoms with Crippen LogP contribution in [0.1, 0.15) is 0 Å². The summed E-state index contributed by atoms with van der Waals surface area (Å²) >= 11 is 0. The third kappa shape index (κ3) is 4.46. The Morgan fingerprint density at radius 3 is 0.946 bits per heavy atom. The number of rotatable bonds is 3. The molecule has 11 aromatic rings. The van der Waals surface area contributed by atoms with E-state index in [1.165, 1.54) is 38.9 Å². The Bertz CT molecular complexity index is 3140. The molecule has 0 saturated heterocycles. The summed E-state index contributed by atoms with van der Waals surface area (Å²) in [4.78, 5) is 16.1. The van der Waals surface area contributed by atoms with E-state index in [9.17, 15) is 0 Å². The zero-order chi connectivity index (χ0) is 36.7. The summed E-state index contributed by atoms with van der Waals surface area (Å²) in [5.74, 6) is 1.73. The van der Waals surface area contributed by atoms with E-state index in [-0.39, 0.29) is 0 Å². The van der Waals surface area contributed by atoms with Crippen LogP contribution < -0.4 is 0 Å². The molecule has 8 aromatic carbocycles. The van der Waals surface area contributed by atoms with Crippen LogP contribution in [0.5, 0.6) is 0 Å². The topological polar surface area (TPSA) is 48.5 Å². The van der Waals surface area contributed by atoms with Gasteiger partial charge in [-0.15, -0.1) is 0 Å². The minimum absolute atomic E-state index is 0.565. The summed E-state index contributed by atoms with van der Waals surface area (Å²) < 4.78 is 4.37. The molecule has 0 aliphatic heterocycles. The van der Waals surface area contributed by atoms with Crippen LogP contribution in [0.2, 0.25) is 0 Å². The second-order valence-electron chi connectivity index (χ2n) is 14.4. The smallest absolute Gasteiger partial charge is 0.240 e. The Morgan fingerprint density at radius 2 is 0.571 bits per heavy atom. The number of aromatic nitrogens is 5. The monoisotopic (exact) mass is 713 g/mol. The van der Waals surface area contributed by atoms with Crippen LogP contribution in [0.25, 0.3) is 111 Å². The van der Waals surface area contributed by atoms with Gasteiger partial charge in [-0.1, -0.05) is 158 Å². The molecule has 1 aliphatic carbocycles. The van der Waals surface area contributed by atoms with Crippen LogP contribution in [-0.4, -0.2) is 24.1 Å². The number of fused-ring (bicyclic) bond motifs is 14. The van der Waals surface area contributed by atoms with Crippen LogP contribution in [0, 0.1) is 0 Å². The molecule has 3 heterocycles. The van der Waals surface area contributed by atoms with Gasteiger partial charge in [0.15, 0.2) is 5.82 Å². The predicted molar refractivity (Wildman–Crippen MR) is 229 cm³/mol. The van der Waals surface area contributed by atoms with E-state index in [2.05, 4.69) is 197 Å². The SMILES string of the molecule is c1ccc2c(c1)-c1ccccc1-c1ccc(-c3nc(-n4c5ccccc5c5ccccc54)nc(-n4c5ccccc5c5ccccc54)n3)cc1-c1ccccc1-2. The molecule has 0 bridgehead atoms. The van der Waals surface area contributed by atoms with E-state index in [0.29, 0.717) is 17.7 Å². The van der Waals surface area contributed by atoms with Gasteiger partial charge < -0.3 is 0 Å². The highest BCUT2D eigenvalue weighted by Gasteiger charge is 2.24. The Balaban J connectivity index is 1.17. The molecule has 0 unspecified atom stereocenters. The molecule has 0 spiro atoms. The second-order valence-corrected chi connectivity index (χ2v) is 14.4. The molecule has 12 rings (SSSR count). The van der Waals surface area contributed by atoms with Crippen LogP contribution in [0.15, 0.2) is 188 Å². The van der Waals surface area contributed by atoms with Crippen LogP contribution >= 0.6 is 0 Å². The Hall–Kier alpha value is -7.63. The highest BCUT2D eigenvalue weighted by Crippen LogP contribution is 2.48. The van der Waals surface area contributed by atoms with Crippen molar-refractivity contribution in [2.24, 2.45) is 0 Å². The maximum Gasteiger partial charge on any atom is 0.240 e. The zero-order valence-corrected chi connectivity index (χ0v) is 30.1. The molecule has 0 amide bonds. The van der Waals surface area contributed by atoms with Gasteiger partial charge in [-0.05, 0) is 74.8 Å². The second kappa shape index (κ2) is 11.9. The van der Waals surface area contributed by atoms with Crippen LogP contribution in [0.3, 0.4) is 0 Å². The van der Waals surface area contributed by atoms with Crippen molar-refractivity contribution in [2.75, 3.05) is 0 Å². The van der Waals surface area contributed by atoms with Crippen molar-refractivity contribution >= 4 is 43.6 Å². The predicted octanol–water partition coefficient (Wildman–Crippen LogP) is 12.7. The molecule has 1 aliphatic rings. The minimum atomic E-state index is 0.565. The van der Waals surface area contributed by atoms with Gasteiger partial charge in [0, 0.05) is 27.1 Å². The van der Waals surface area contributed by atoms with E-state index in [1.807, 2.05) is 0 Å². The van der Waals surface area contributed by atoms with Crippen molar-refractivity contribution in [1.29, 1.82) is 0 Å². The molecule has 0 fully saturated rings. The lowest BCUT2D eigenvalue weighted by atomic mass is 9.80. The van der Waals surface area contributed by atoms with E-state index in [1.54, 1.807) is 0 Å². The fraction of sp³-hybridized carbons (Fsp3) is 0. The normalized spacial score (nSPS) is 11.9. The molecule has 5 nitrogen and oxygen atoms in total. The fourth-order valence-corrected chi connectivity index (χ4v) is 8.96. The molecule has 260 valence electrons. The van der Waals surface area contributed by atoms with E-state index >= 15 is 0 Å². The van der Waals surface area contributed by atoms with Crippen LogP contribution in [0.4, 0.5) is 0 Å². The van der Waals surface area contributed by atoms with E-state index < -0.39 is 0 Å². The van der Waals surface area contributed by atoms with Gasteiger partial charge in [-0.2, -0.15) is 15.0 Å². The van der Waals surface area contributed by atoms with Crippen LogP contribution in [-0.2, 0) is 0 Å². The lowest BCUT2D eigenvalue weighted by Crippen LogP contribution is -2.10. The molecule has 0 saturated carbocycles. The van der Waals surface area contributed by atoms with E-state index in [4.69, 9.17) is 15.0 Å². The van der Waals surface area contributed by atoms with Crippen molar-refractivity contribution in [1.82, 2.24) is 24.1 Å². The van der Waals surface area contributed by atoms with Gasteiger partial charge >= 0.3 is 0 Å². The van der Waals surface area contributed by atoms with Crippen molar-refractivity contribution in [3.8, 4) is 67.8 Å². The summed E-state index contributed by atoms with van der Waals surface area (Å²) in [5, 5.41) is 4.61. The molecule has 0 N–H and O–H groups in total. The number of hydrogen-bond donors (Lipinski definition) is 0. The first-order valence-electron chi connectivity index (χ1n) is 19.0. The van der Waals surface area contributed by atoms with E-state index in [0.717, 1.165) is 54.7 Å². The summed E-state index contributed by atoms with van der Waals surface area (Å²) in [6, 6.07) is 66.9. The van der Waals surface area contributed by atoms with Gasteiger partial charge in [-0.25, -0.2) is 0 Å². The number of nitrogens with zero attached hydrogens (tertiary/aromatic N) is 5. The van der Waals surface area contributed by atoms with Crippen molar-refractivity contribution in [2.45, 2.75) is 0 Å². The molecular weight excluding hydrogens is 683 g/mol. The highest BCUT2D eigenvalue weighted by atomic mass is 15.3. The van der Waals surface area contributed by atoms with Gasteiger partial charge in [0.2, 0.25) is 11.9 Å². The van der Waals surface area contributed by atoms with Gasteiger partial charge in [0.05, 0.1) is 22.1 Å². The minimum Gasteiger partial charge on any atom is -0.278 e. The standard InChI is InChI=1S/C51H31N5/c1-2-16-34-33(15-1)35-17-3-4-19-37(35)39-30-29-32(31-44(39)38-20-6-5-18-36(34)38)49-52-50(55-45-25-11-7-21-40(45)41-22-8-12-26-46(41)55)54-51(53-49)56-47-27-13-9-23-42(47)43-24-10-14-28-48(43)56/h1-31H. The number of benzene rings is 8. The molecular formula is C51H31N5. The quantitative estimate of drug-likeness (QED) is 0.183. The summed E-state index contributed by atoms with van der Waals surface area (Å²) in [5.41, 5.74) is 14.6. The lowest BCUT2D eigenvalue weighted by Gasteiger charge is -2.23. The average Bonchev–Trinajstić information content (AvgIpc) is 3.79. The maximum atomic E-state index is 5.37. The molecule has 3 aromatic heterocycles. The lowest BCUT2D eigenvalue weighted by molar-refractivity contribution is 0.893. The number of hydrogen-bond acceptors (Lipinski definition) is 3. The Kier molecular flexibility index (Phi) is 6.56. The largest absolute Gasteiger partial charge is 0.278 e. The first-order chi connectivity index (χ1) is 27.8. The fourth-order valence-electron chi connectivity index (χ4n) is 8.96. The van der Waals surface area contributed by atoms with Gasteiger partial charge in [-0.3, -0.25) is 9.13 Å². The Morgan fingerprint density at radius 1 is 0.268 bits per heavy atom. The van der Waals surface area contributed by atoms with Gasteiger partial charge in [0.1, 0.15) is 0 Å². The maximum absolute atomic E-state index is 5.37. The third-order valence-electron chi connectivity index (χ3n) is 11.4. The Labute approximate surface area is 322 Å². The van der Waals surface area contributed by atoms with Crippen molar-refractivity contribution < 1.29 is 0 Å². The molecule has 5 heteroatoms. The zero-order valence-electron chi connectivity index (χ0n) is 30.1. The average molecular weight is 714 g/mol. The summed E-state index contributed by atoms with van der Waals surface area (Å²) in [6.45, 7) is 0. The molecule has 0 radical (unpaired) electrons. The number of para-hydroxylation sites is 4. The molecule has 56 heavy (non-hydrogen) atoms. The molecule has 0 atom stereocenters.